The quantitative estimate of drug-likeness (QED) is 0.0606. The van der Waals surface area contributed by atoms with E-state index >= 15 is 0 Å². The SMILES string of the molecule is CCCCC[C@@H](O)/C=C/[C@@H]1[C@H](C/C=C\CC(=O)OC[C@H](COP(=O)([O-])OCC[N+](C)(C)C)OC(C)=O)[C@@H](O)C[C@H]1O. The number of carbonyl (C=O) groups is 2. The number of esters is 2. The van der Waals surface area contributed by atoms with Crippen molar-refractivity contribution >= 4 is 19.8 Å². The van der Waals surface area contributed by atoms with Crippen LogP contribution in [0.1, 0.15) is 58.8 Å². The van der Waals surface area contributed by atoms with Crippen LogP contribution in [0.25, 0.3) is 0 Å². The van der Waals surface area contributed by atoms with Crippen LogP contribution < -0.4 is 4.89 Å². The van der Waals surface area contributed by atoms with Crippen molar-refractivity contribution in [2.24, 2.45) is 11.8 Å². The first-order valence-corrected chi connectivity index (χ1v) is 15.7. The van der Waals surface area contributed by atoms with Crippen molar-refractivity contribution in [3.63, 3.8) is 0 Å². The van der Waals surface area contributed by atoms with Gasteiger partial charge < -0.3 is 43.2 Å². The van der Waals surface area contributed by atoms with Crippen molar-refractivity contribution in [2.45, 2.75) is 83.2 Å². The summed E-state index contributed by atoms with van der Waals surface area (Å²) in [7, 11) is 0.977. The molecule has 1 fully saturated rings. The highest BCUT2D eigenvalue weighted by Gasteiger charge is 2.39. The van der Waals surface area contributed by atoms with Crippen LogP contribution in [0.2, 0.25) is 0 Å². The van der Waals surface area contributed by atoms with Gasteiger partial charge in [0, 0.05) is 19.3 Å². The summed E-state index contributed by atoms with van der Waals surface area (Å²) in [5, 5.41) is 30.9. The van der Waals surface area contributed by atoms with Crippen molar-refractivity contribution in [3.8, 4) is 0 Å². The van der Waals surface area contributed by atoms with Crippen LogP contribution >= 0.6 is 7.82 Å². The molecule has 238 valence electrons. The normalized spacial score (nSPS) is 24.4. The van der Waals surface area contributed by atoms with Crippen molar-refractivity contribution < 1.29 is 57.4 Å². The topological polar surface area (TPSA) is 172 Å². The van der Waals surface area contributed by atoms with E-state index in [-0.39, 0.29) is 31.3 Å². The highest BCUT2D eigenvalue weighted by Crippen LogP contribution is 2.38. The lowest BCUT2D eigenvalue weighted by Crippen LogP contribution is -2.37. The van der Waals surface area contributed by atoms with E-state index in [2.05, 4.69) is 6.92 Å². The number of hydrogen-bond acceptors (Lipinski definition) is 11. The third kappa shape index (κ3) is 17.2. The molecule has 0 radical (unpaired) electrons. The van der Waals surface area contributed by atoms with E-state index in [4.69, 9.17) is 18.5 Å². The van der Waals surface area contributed by atoms with E-state index in [1.807, 2.05) is 21.1 Å². The van der Waals surface area contributed by atoms with Gasteiger partial charge in [-0.1, -0.05) is 50.5 Å². The van der Waals surface area contributed by atoms with Gasteiger partial charge in [-0.25, -0.2) is 0 Å². The van der Waals surface area contributed by atoms with Gasteiger partial charge in [0.25, 0.3) is 7.82 Å². The number of rotatable bonds is 20. The Morgan fingerprint density at radius 2 is 1.80 bits per heavy atom. The van der Waals surface area contributed by atoms with Gasteiger partial charge in [-0.2, -0.15) is 0 Å². The number of allylic oxidation sites excluding steroid dienone is 1. The minimum Gasteiger partial charge on any atom is -0.756 e. The molecular weight excluding hydrogens is 557 g/mol. The molecule has 1 saturated carbocycles. The van der Waals surface area contributed by atoms with Crippen molar-refractivity contribution in [2.75, 3.05) is 47.5 Å². The Morgan fingerprint density at radius 3 is 2.44 bits per heavy atom. The number of hydrogen-bond donors (Lipinski definition) is 3. The number of phosphoric acid groups is 1. The zero-order valence-electron chi connectivity index (χ0n) is 25.1. The lowest BCUT2D eigenvalue weighted by molar-refractivity contribution is -0.870. The van der Waals surface area contributed by atoms with Crippen LogP contribution in [0, 0.1) is 11.8 Å². The number of likely N-dealkylation sites (N-methyl/N-ethyl adjacent to an activating group) is 1. The Morgan fingerprint density at radius 1 is 1.10 bits per heavy atom. The Balaban J connectivity index is 2.53. The second-order valence-corrected chi connectivity index (χ2v) is 12.9. The second kappa shape index (κ2) is 18.8. The van der Waals surface area contributed by atoms with E-state index in [0.717, 1.165) is 26.2 Å². The molecule has 0 spiro atoms. The maximum atomic E-state index is 12.2. The fraction of sp³-hybridized carbons (Fsp3) is 0.786. The summed E-state index contributed by atoms with van der Waals surface area (Å²) in [5.74, 6) is -1.92. The molecule has 1 aliphatic rings. The summed E-state index contributed by atoms with van der Waals surface area (Å²) >= 11 is 0. The van der Waals surface area contributed by atoms with Crippen LogP contribution in [0.15, 0.2) is 24.3 Å². The number of unbranched alkanes of at least 4 members (excludes halogenated alkanes) is 2. The van der Waals surface area contributed by atoms with E-state index in [0.29, 0.717) is 23.9 Å². The lowest BCUT2D eigenvalue weighted by atomic mass is 9.89. The standard InChI is InChI=1S/C28H50NO11P/c1-6-7-8-11-22(31)14-15-25-24(26(32)18-27(25)33)12-9-10-13-28(34)37-19-23(40-21(2)30)20-39-41(35,36)38-17-16-29(3,4)5/h9-10,14-15,22-27,31-33H,6-8,11-13,16-20H2,1-5H3/b10-9-,15-14+/t22-,23-,24+,25-,26+,27-/m1/s1. The van der Waals surface area contributed by atoms with Gasteiger partial charge in [0.15, 0.2) is 6.10 Å². The highest BCUT2D eigenvalue weighted by atomic mass is 31.2. The molecule has 12 nitrogen and oxygen atoms in total. The van der Waals surface area contributed by atoms with Crippen LogP contribution in [0.4, 0.5) is 0 Å². The molecule has 1 rings (SSSR count). The molecule has 0 saturated heterocycles. The number of aliphatic hydroxyl groups is 3. The molecule has 0 aromatic heterocycles. The molecule has 13 heteroatoms. The summed E-state index contributed by atoms with van der Waals surface area (Å²) < 4.78 is 32.2. The van der Waals surface area contributed by atoms with Gasteiger partial charge >= 0.3 is 11.9 Å². The number of quaternary nitrogens is 1. The summed E-state index contributed by atoms with van der Waals surface area (Å²) in [4.78, 5) is 35.6. The lowest BCUT2D eigenvalue weighted by Gasteiger charge is -2.28. The monoisotopic (exact) mass is 607 g/mol. The van der Waals surface area contributed by atoms with Gasteiger partial charge in [0.1, 0.15) is 19.8 Å². The zero-order valence-corrected chi connectivity index (χ0v) is 25.9. The molecule has 0 aromatic carbocycles. The van der Waals surface area contributed by atoms with Crippen molar-refractivity contribution in [1.29, 1.82) is 0 Å². The number of ether oxygens (including phenoxy) is 2. The smallest absolute Gasteiger partial charge is 0.309 e. The van der Waals surface area contributed by atoms with E-state index in [1.54, 1.807) is 24.3 Å². The van der Waals surface area contributed by atoms with Crippen molar-refractivity contribution in [1.82, 2.24) is 0 Å². The molecule has 0 bridgehead atoms. The number of carbonyl (C=O) groups excluding carboxylic acids is 2. The maximum Gasteiger partial charge on any atom is 0.309 e. The van der Waals surface area contributed by atoms with Crippen LogP contribution in [0.3, 0.4) is 0 Å². The van der Waals surface area contributed by atoms with Gasteiger partial charge in [-0.3, -0.25) is 14.2 Å². The summed E-state index contributed by atoms with van der Waals surface area (Å²) in [6, 6.07) is 0. The Labute approximate surface area is 244 Å². The number of phosphoric ester groups is 1. The van der Waals surface area contributed by atoms with Crippen LogP contribution in [-0.2, 0) is 32.7 Å². The number of nitrogens with zero attached hydrogens (tertiary/aromatic N) is 1. The van der Waals surface area contributed by atoms with E-state index in [9.17, 15) is 34.4 Å². The van der Waals surface area contributed by atoms with E-state index in [1.165, 1.54) is 0 Å². The molecule has 41 heavy (non-hydrogen) atoms. The molecule has 0 amide bonds. The fourth-order valence-electron chi connectivity index (χ4n) is 4.33. The average molecular weight is 608 g/mol. The minimum absolute atomic E-state index is 0.0846. The Bertz CT molecular complexity index is 889. The Kier molecular flexibility index (Phi) is 17.2. The molecule has 1 aliphatic carbocycles. The zero-order chi connectivity index (χ0) is 31.1. The van der Waals surface area contributed by atoms with Crippen LogP contribution in [0.5, 0.6) is 0 Å². The third-order valence-corrected chi connectivity index (χ3v) is 7.59. The molecule has 0 aromatic rings. The second-order valence-electron chi connectivity index (χ2n) is 11.5. The molecule has 3 N–H and O–H groups in total. The molecular formula is C28H50NO11P. The molecule has 0 heterocycles. The fourth-order valence-corrected chi connectivity index (χ4v) is 5.06. The maximum absolute atomic E-state index is 12.2. The first-order valence-electron chi connectivity index (χ1n) is 14.2. The predicted molar refractivity (Wildman–Crippen MR) is 150 cm³/mol. The van der Waals surface area contributed by atoms with E-state index < -0.39 is 57.4 Å². The summed E-state index contributed by atoms with van der Waals surface area (Å²) in [6.45, 7) is 2.58. The summed E-state index contributed by atoms with van der Waals surface area (Å²) in [6.07, 6.45) is 7.77. The first kappa shape index (κ1) is 37.4. The van der Waals surface area contributed by atoms with Gasteiger partial charge in [-0.05, 0) is 18.8 Å². The summed E-state index contributed by atoms with van der Waals surface area (Å²) in [5.41, 5.74) is 0. The molecule has 7 atom stereocenters. The largest absolute Gasteiger partial charge is 0.756 e. The molecule has 0 aliphatic heterocycles. The minimum atomic E-state index is -4.65. The third-order valence-electron chi connectivity index (χ3n) is 6.63. The average Bonchev–Trinajstić information content (AvgIpc) is 3.12. The van der Waals surface area contributed by atoms with Gasteiger partial charge in [-0.15, -0.1) is 0 Å². The van der Waals surface area contributed by atoms with Crippen molar-refractivity contribution in [3.05, 3.63) is 24.3 Å². The highest BCUT2D eigenvalue weighted by molar-refractivity contribution is 7.45. The van der Waals surface area contributed by atoms with Gasteiger partial charge in [0.2, 0.25) is 0 Å². The Hall–Kier alpha value is -1.63. The van der Waals surface area contributed by atoms with Crippen LogP contribution in [-0.4, -0.2) is 104 Å². The number of aliphatic hydroxyl groups excluding tert-OH is 3. The molecule has 1 unspecified atom stereocenters. The van der Waals surface area contributed by atoms with Gasteiger partial charge in [0.05, 0.1) is 52.5 Å². The predicted octanol–water partition coefficient (Wildman–Crippen LogP) is 1.86. The first-order chi connectivity index (χ1) is 19.1.